The van der Waals surface area contributed by atoms with E-state index in [1.165, 1.54) is 0 Å². The van der Waals surface area contributed by atoms with Crippen molar-refractivity contribution in [1.82, 2.24) is 4.90 Å². The second-order valence-corrected chi connectivity index (χ2v) is 8.42. The molecule has 7 heteroatoms. The van der Waals surface area contributed by atoms with E-state index in [0.717, 1.165) is 29.4 Å². The van der Waals surface area contributed by atoms with Crippen molar-refractivity contribution in [2.75, 3.05) is 24.2 Å². The smallest absolute Gasteiger partial charge is 0.338 e. The average molecular weight is 436 g/mol. The fourth-order valence-corrected chi connectivity index (χ4v) is 4.88. The lowest BCUT2D eigenvalue weighted by Gasteiger charge is -2.40. The molecule has 1 atom stereocenters. The molecule has 2 aromatic carbocycles. The zero-order valence-corrected chi connectivity index (χ0v) is 18.4. The van der Waals surface area contributed by atoms with Crippen LogP contribution in [-0.2, 0) is 9.53 Å². The Bertz CT molecular complexity index is 1050. The summed E-state index contributed by atoms with van der Waals surface area (Å²) in [5, 5.41) is 3.90. The van der Waals surface area contributed by atoms with Crippen molar-refractivity contribution in [3.05, 3.63) is 77.0 Å². The van der Waals surface area contributed by atoms with Gasteiger partial charge in [0, 0.05) is 23.5 Å². The Kier molecular flexibility index (Phi) is 6.42. The molecule has 1 unspecified atom stereocenters. The molecule has 2 aromatic rings. The molecule has 2 aliphatic rings. The Balaban J connectivity index is 1.69. The quantitative estimate of drug-likeness (QED) is 0.694. The minimum absolute atomic E-state index is 0.172. The first kappa shape index (κ1) is 21.2. The highest BCUT2D eigenvalue weighted by atomic mass is 32.2. The van der Waals surface area contributed by atoms with Gasteiger partial charge < -0.3 is 15.0 Å². The number of rotatable bonds is 5. The van der Waals surface area contributed by atoms with Crippen LogP contribution in [0.1, 0.15) is 42.2 Å². The van der Waals surface area contributed by atoms with Crippen molar-refractivity contribution < 1.29 is 14.3 Å². The van der Waals surface area contributed by atoms with Crippen molar-refractivity contribution in [1.29, 1.82) is 0 Å². The van der Waals surface area contributed by atoms with E-state index in [1.807, 2.05) is 49.4 Å². The van der Waals surface area contributed by atoms with Gasteiger partial charge in [0.25, 0.3) is 5.91 Å². The molecule has 0 spiro atoms. The minimum Gasteiger partial charge on any atom is -0.463 e. The van der Waals surface area contributed by atoms with Gasteiger partial charge in [-0.1, -0.05) is 42.1 Å². The Labute approximate surface area is 186 Å². The van der Waals surface area contributed by atoms with Crippen LogP contribution < -0.4 is 5.32 Å². The molecular weight excluding hydrogens is 410 g/mol. The highest BCUT2D eigenvalue weighted by Gasteiger charge is 2.37. The molecule has 0 aromatic heterocycles. The number of thioether (sulfide) groups is 1. The van der Waals surface area contributed by atoms with Gasteiger partial charge in [-0.05, 0) is 50.1 Å². The number of nitrogens with zero attached hydrogens (tertiary/aromatic N) is 2. The molecule has 1 fully saturated rings. The van der Waals surface area contributed by atoms with Gasteiger partial charge in [0.05, 0.1) is 23.9 Å². The zero-order valence-electron chi connectivity index (χ0n) is 17.6. The standard InChI is InChI=1S/C24H25N3O3S/c1-3-30-23(29)20-16(2)25-24-27(13-8-14-31-24)21(20)18-11-7-12-19(15-18)26-22(28)17-9-5-4-6-10-17/h4-7,9-12,15,21H,3,8,13-14H2,1-2H3,(H,26,28). The number of carbonyl (C=O) groups excluding carboxylic acids is 2. The van der Waals surface area contributed by atoms with E-state index >= 15 is 0 Å². The van der Waals surface area contributed by atoms with Crippen LogP contribution in [0.4, 0.5) is 5.69 Å². The molecule has 160 valence electrons. The predicted octanol–water partition coefficient (Wildman–Crippen LogP) is 4.63. The summed E-state index contributed by atoms with van der Waals surface area (Å²) in [4.78, 5) is 32.3. The molecule has 31 heavy (non-hydrogen) atoms. The third kappa shape index (κ3) is 4.51. The third-order valence-corrected chi connectivity index (χ3v) is 6.33. The summed E-state index contributed by atoms with van der Waals surface area (Å²) in [6.07, 6.45) is 1.01. The summed E-state index contributed by atoms with van der Waals surface area (Å²) in [6, 6.07) is 16.5. The summed E-state index contributed by atoms with van der Waals surface area (Å²) < 4.78 is 5.37. The molecule has 1 saturated heterocycles. The average Bonchev–Trinajstić information content (AvgIpc) is 2.79. The van der Waals surface area contributed by atoms with Gasteiger partial charge in [-0.2, -0.15) is 0 Å². The number of amidine groups is 1. The van der Waals surface area contributed by atoms with Crippen LogP contribution in [-0.4, -0.2) is 40.8 Å². The van der Waals surface area contributed by atoms with Gasteiger partial charge in [0.1, 0.15) is 0 Å². The molecule has 1 amide bonds. The Morgan fingerprint density at radius 3 is 2.77 bits per heavy atom. The van der Waals surface area contributed by atoms with Crippen molar-refractivity contribution in [3.63, 3.8) is 0 Å². The van der Waals surface area contributed by atoms with Gasteiger partial charge >= 0.3 is 5.97 Å². The van der Waals surface area contributed by atoms with Crippen molar-refractivity contribution >= 4 is 34.5 Å². The summed E-state index contributed by atoms with van der Waals surface area (Å²) in [5.41, 5.74) is 3.43. The Morgan fingerprint density at radius 1 is 1.19 bits per heavy atom. The van der Waals surface area contributed by atoms with Gasteiger partial charge in [0.2, 0.25) is 0 Å². The Morgan fingerprint density at radius 2 is 2.00 bits per heavy atom. The molecule has 6 nitrogen and oxygen atoms in total. The second kappa shape index (κ2) is 9.39. The fraction of sp³-hybridized carbons (Fsp3) is 0.292. The number of anilines is 1. The highest BCUT2D eigenvalue weighted by Crippen LogP contribution is 2.40. The van der Waals surface area contributed by atoms with E-state index in [-0.39, 0.29) is 17.9 Å². The van der Waals surface area contributed by atoms with Crippen LogP contribution in [0.15, 0.2) is 70.9 Å². The van der Waals surface area contributed by atoms with Crippen LogP contribution >= 0.6 is 11.8 Å². The van der Waals surface area contributed by atoms with Gasteiger partial charge in [-0.15, -0.1) is 0 Å². The maximum atomic E-state index is 12.9. The predicted molar refractivity (Wildman–Crippen MR) is 124 cm³/mol. The maximum absolute atomic E-state index is 12.9. The largest absolute Gasteiger partial charge is 0.463 e. The number of allylic oxidation sites excluding steroid dienone is 1. The molecule has 0 aliphatic carbocycles. The molecular formula is C24H25N3O3S. The number of hydrogen-bond acceptors (Lipinski definition) is 6. The van der Waals surface area contributed by atoms with E-state index in [0.29, 0.717) is 29.1 Å². The third-order valence-electron chi connectivity index (χ3n) is 5.25. The second-order valence-electron chi connectivity index (χ2n) is 7.36. The highest BCUT2D eigenvalue weighted by molar-refractivity contribution is 8.13. The zero-order chi connectivity index (χ0) is 21.8. The van der Waals surface area contributed by atoms with Crippen LogP contribution in [0, 0.1) is 0 Å². The first-order valence-electron chi connectivity index (χ1n) is 10.4. The van der Waals surface area contributed by atoms with E-state index in [4.69, 9.17) is 4.74 Å². The fourth-order valence-electron chi connectivity index (χ4n) is 3.86. The number of nitrogens with one attached hydrogen (secondary N) is 1. The van der Waals surface area contributed by atoms with E-state index in [9.17, 15) is 9.59 Å². The number of esters is 1. The lowest BCUT2D eigenvalue weighted by molar-refractivity contribution is -0.139. The van der Waals surface area contributed by atoms with Gasteiger partial charge in [0.15, 0.2) is 5.17 Å². The van der Waals surface area contributed by atoms with Crippen LogP contribution in [0.2, 0.25) is 0 Å². The number of ether oxygens (including phenoxy) is 1. The normalized spacial score (nSPS) is 18.2. The van der Waals surface area contributed by atoms with E-state index < -0.39 is 0 Å². The summed E-state index contributed by atoms with van der Waals surface area (Å²) in [7, 11) is 0. The summed E-state index contributed by atoms with van der Waals surface area (Å²) >= 11 is 1.71. The first-order chi connectivity index (χ1) is 15.1. The topological polar surface area (TPSA) is 71.0 Å². The lowest BCUT2D eigenvalue weighted by atomic mass is 9.94. The molecule has 4 rings (SSSR count). The minimum atomic E-state index is -0.345. The van der Waals surface area contributed by atoms with Gasteiger partial charge in [-0.3, -0.25) is 4.79 Å². The van der Waals surface area contributed by atoms with E-state index in [1.54, 1.807) is 30.8 Å². The number of benzene rings is 2. The van der Waals surface area contributed by atoms with Crippen molar-refractivity contribution in [2.24, 2.45) is 4.99 Å². The van der Waals surface area contributed by atoms with Crippen LogP contribution in [0.25, 0.3) is 0 Å². The Hall–Kier alpha value is -3.06. The maximum Gasteiger partial charge on any atom is 0.338 e. The van der Waals surface area contributed by atoms with Crippen molar-refractivity contribution in [3.8, 4) is 0 Å². The van der Waals surface area contributed by atoms with Crippen molar-refractivity contribution in [2.45, 2.75) is 26.3 Å². The summed E-state index contributed by atoms with van der Waals surface area (Å²) in [6.45, 7) is 4.78. The van der Waals surface area contributed by atoms with Gasteiger partial charge in [-0.25, -0.2) is 9.79 Å². The van der Waals surface area contributed by atoms with E-state index in [2.05, 4.69) is 15.2 Å². The molecule has 0 radical (unpaired) electrons. The molecule has 1 N–H and O–H groups in total. The molecule has 0 saturated carbocycles. The number of aliphatic imine (C=N–C) groups is 1. The number of amides is 1. The monoisotopic (exact) mass is 435 g/mol. The molecule has 2 heterocycles. The number of hydrogen-bond donors (Lipinski definition) is 1. The first-order valence-corrected chi connectivity index (χ1v) is 11.4. The number of carbonyl (C=O) groups is 2. The van der Waals surface area contributed by atoms with Crippen LogP contribution in [0.3, 0.4) is 0 Å². The number of fused-ring (bicyclic) bond motifs is 1. The SMILES string of the molecule is CCOC(=O)C1=C(C)N=C2SCCCN2C1c1cccc(NC(=O)c2ccccc2)c1. The summed E-state index contributed by atoms with van der Waals surface area (Å²) in [5.74, 6) is 0.494. The van der Waals surface area contributed by atoms with Crippen LogP contribution in [0.5, 0.6) is 0 Å². The molecule has 0 bridgehead atoms. The molecule has 2 aliphatic heterocycles. The lowest BCUT2D eigenvalue weighted by Crippen LogP contribution is -2.42.